The molecule has 2 heterocycles. The van der Waals surface area contributed by atoms with Crippen molar-refractivity contribution < 1.29 is 27.1 Å². The van der Waals surface area contributed by atoms with Crippen LogP contribution in [0.3, 0.4) is 0 Å². The summed E-state index contributed by atoms with van der Waals surface area (Å²) < 4.78 is 53.8. The largest absolute Gasteiger partial charge is 0.435 e. The van der Waals surface area contributed by atoms with E-state index in [4.69, 9.17) is 0 Å². The molecular weight excluding hydrogens is 376 g/mol. The van der Waals surface area contributed by atoms with E-state index in [0.29, 0.717) is 15.9 Å². The summed E-state index contributed by atoms with van der Waals surface area (Å²) >= 11 is 1.12. The van der Waals surface area contributed by atoms with Crippen LogP contribution >= 0.6 is 11.3 Å². The van der Waals surface area contributed by atoms with Crippen LogP contribution in [0, 0.1) is 0 Å². The standard InChI is InChI=1S/C15H10F4N4O2S/c16-13(17)23-6-5-10(22-23)12(24)21-15-20-11(7-26-15)8-1-3-9(4-2-8)25-14(18)19/h1-7,13-14H,(H,20,21,24). The fraction of sp³-hybridized carbons (Fsp3) is 0.133. The molecule has 1 N–H and O–H groups in total. The molecule has 3 rings (SSSR count). The summed E-state index contributed by atoms with van der Waals surface area (Å²) in [5.74, 6) is -0.659. The van der Waals surface area contributed by atoms with E-state index in [9.17, 15) is 22.4 Å². The van der Waals surface area contributed by atoms with Crippen LogP contribution in [-0.4, -0.2) is 27.3 Å². The number of alkyl halides is 4. The minimum absolute atomic E-state index is 0.0159. The zero-order valence-corrected chi connectivity index (χ0v) is 13.6. The SMILES string of the molecule is O=C(Nc1nc(-c2ccc(OC(F)F)cc2)cs1)c1ccn(C(F)F)n1. The zero-order chi connectivity index (χ0) is 18.7. The first-order valence-electron chi connectivity index (χ1n) is 7.08. The third kappa shape index (κ3) is 4.17. The van der Waals surface area contributed by atoms with Crippen molar-refractivity contribution in [2.24, 2.45) is 0 Å². The molecule has 2 aromatic heterocycles. The summed E-state index contributed by atoms with van der Waals surface area (Å²) in [4.78, 5) is 16.2. The van der Waals surface area contributed by atoms with Gasteiger partial charge in [-0.2, -0.15) is 22.7 Å². The lowest BCUT2D eigenvalue weighted by atomic mass is 10.2. The molecule has 1 aromatic carbocycles. The number of ether oxygens (including phenoxy) is 1. The van der Waals surface area contributed by atoms with Crippen LogP contribution < -0.4 is 10.1 Å². The fourth-order valence-corrected chi connectivity index (χ4v) is 2.71. The van der Waals surface area contributed by atoms with Crippen molar-refractivity contribution in [3.8, 4) is 17.0 Å². The number of carbonyl (C=O) groups excluding carboxylic acids is 1. The Morgan fingerprint density at radius 3 is 2.50 bits per heavy atom. The monoisotopic (exact) mass is 386 g/mol. The lowest BCUT2D eigenvalue weighted by molar-refractivity contribution is -0.0498. The van der Waals surface area contributed by atoms with Gasteiger partial charge in [0.05, 0.1) is 5.69 Å². The summed E-state index contributed by atoms with van der Waals surface area (Å²) in [6, 6.07) is 7.00. The van der Waals surface area contributed by atoms with Gasteiger partial charge >= 0.3 is 13.2 Å². The van der Waals surface area contributed by atoms with Crippen LogP contribution in [-0.2, 0) is 0 Å². The van der Waals surface area contributed by atoms with Crippen molar-refractivity contribution in [3.63, 3.8) is 0 Å². The van der Waals surface area contributed by atoms with Crippen molar-refractivity contribution in [1.29, 1.82) is 0 Å². The van der Waals surface area contributed by atoms with Crippen molar-refractivity contribution in [1.82, 2.24) is 14.8 Å². The number of aromatic nitrogens is 3. The van der Waals surface area contributed by atoms with Gasteiger partial charge < -0.3 is 4.74 Å². The Hall–Kier alpha value is -2.95. The Morgan fingerprint density at radius 2 is 1.88 bits per heavy atom. The molecule has 0 atom stereocenters. The van der Waals surface area contributed by atoms with Crippen molar-refractivity contribution in [2.75, 3.05) is 5.32 Å². The van der Waals surface area contributed by atoms with E-state index >= 15 is 0 Å². The van der Waals surface area contributed by atoms with Gasteiger partial charge in [0, 0.05) is 17.1 Å². The smallest absolute Gasteiger partial charge is 0.387 e. The van der Waals surface area contributed by atoms with Gasteiger partial charge in [0.1, 0.15) is 5.75 Å². The van der Waals surface area contributed by atoms with E-state index < -0.39 is 19.1 Å². The molecule has 0 aliphatic carbocycles. The normalized spacial score (nSPS) is 11.2. The summed E-state index contributed by atoms with van der Waals surface area (Å²) in [6.07, 6.45) is 0.996. The van der Waals surface area contributed by atoms with E-state index in [1.54, 1.807) is 17.5 Å². The maximum atomic E-state index is 12.5. The lowest BCUT2D eigenvalue weighted by Gasteiger charge is -2.04. The second-order valence-electron chi connectivity index (χ2n) is 4.85. The Morgan fingerprint density at radius 1 is 1.15 bits per heavy atom. The number of carbonyl (C=O) groups is 1. The highest BCUT2D eigenvalue weighted by Gasteiger charge is 2.15. The van der Waals surface area contributed by atoms with Crippen LogP contribution in [0.15, 0.2) is 41.9 Å². The summed E-state index contributed by atoms with van der Waals surface area (Å²) in [5.41, 5.74) is 0.966. The maximum absolute atomic E-state index is 12.5. The Kier molecular flexibility index (Phi) is 5.16. The molecule has 0 saturated heterocycles. The predicted octanol–water partition coefficient (Wildman–Crippen LogP) is 4.26. The van der Waals surface area contributed by atoms with Gasteiger partial charge in [0.15, 0.2) is 10.8 Å². The van der Waals surface area contributed by atoms with Crippen molar-refractivity contribution in [2.45, 2.75) is 13.2 Å². The predicted molar refractivity (Wildman–Crippen MR) is 85.6 cm³/mol. The molecule has 0 aliphatic rings. The van der Waals surface area contributed by atoms with Crippen molar-refractivity contribution >= 4 is 22.4 Å². The Bertz CT molecular complexity index is 895. The van der Waals surface area contributed by atoms with Gasteiger partial charge in [0.2, 0.25) is 0 Å². The van der Waals surface area contributed by atoms with Crippen LogP contribution in [0.4, 0.5) is 22.7 Å². The lowest BCUT2D eigenvalue weighted by Crippen LogP contribution is -2.13. The van der Waals surface area contributed by atoms with E-state index in [-0.39, 0.29) is 16.6 Å². The average Bonchev–Trinajstić information content (AvgIpc) is 3.24. The number of nitrogens with one attached hydrogen (secondary N) is 1. The first-order valence-corrected chi connectivity index (χ1v) is 7.96. The number of nitrogens with zero attached hydrogens (tertiary/aromatic N) is 3. The minimum atomic E-state index is -2.91. The molecule has 1 amide bonds. The van der Waals surface area contributed by atoms with Gasteiger partial charge in [-0.25, -0.2) is 9.67 Å². The molecule has 0 radical (unpaired) electrons. The molecule has 0 aliphatic heterocycles. The molecule has 0 bridgehead atoms. The highest BCUT2D eigenvalue weighted by Crippen LogP contribution is 2.27. The third-order valence-corrected chi connectivity index (χ3v) is 3.90. The van der Waals surface area contributed by atoms with Gasteiger partial charge in [-0.1, -0.05) is 0 Å². The van der Waals surface area contributed by atoms with Crippen LogP contribution in [0.5, 0.6) is 5.75 Å². The van der Waals surface area contributed by atoms with Gasteiger partial charge in [-0.3, -0.25) is 10.1 Å². The summed E-state index contributed by atoms with van der Waals surface area (Å²) in [7, 11) is 0. The molecule has 26 heavy (non-hydrogen) atoms. The second kappa shape index (κ2) is 7.52. The van der Waals surface area contributed by atoms with Crippen LogP contribution in [0.2, 0.25) is 0 Å². The molecule has 6 nitrogen and oxygen atoms in total. The highest BCUT2D eigenvalue weighted by molar-refractivity contribution is 7.14. The van der Waals surface area contributed by atoms with Crippen LogP contribution in [0.1, 0.15) is 17.0 Å². The molecule has 0 spiro atoms. The number of hydrogen-bond acceptors (Lipinski definition) is 5. The number of hydrogen-bond donors (Lipinski definition) is 1. The molecule has 3 aromatic rings. The summed E-state index contributed by atoms with van der Waals surface area (Å²) in [6.45, 7) is -5.74. The second-order valence-corrected chi connectivity index (χ2v) is 5.71. The van der Waals surface area contributed by atoms with Crippen LogP contribution in [0.25, 0.3) is 11.3 Å². The molecule has 0 unspecified atom stereocenters. The number of benzene rings is 1. The fourth-order valence-electron chi connectivity index (χ4n) is 2.00. The number of amides is 1. The number of thiazole rings is 1. The minimum Gasteiger partial charge on any atom is -0.435 e. The average molecular weight is 386 g/mol. The van der Waals surface area contributed by atoms with Gasteiger partial charge in [0.25, 0.3) is 5.91 Å². The first kappa shape index (κ1) is 17.9. The van der Waals surface area contributed by atoms with E-state index in [2.05, 4.69) is 20.1 Å². The van der Waals surface area contributed by atoms with Gasteiger partial charge in [-0.05, 0) is 30.3 Å². The third-order valence-electron chi connectivity index (χ3n) is 3.14. The number of halogens is 4. The molecular formula is C15H10F4N4O2S. The highest BCUT2D eigenvalue weighted by atomic mass is 32.1. The number of rotatable bonds is 6. The summed E-state index contributed by atoms with van der Waals surface area (Å²) in [5, 5.41) is 7.81. The molecule has 0 saturated carbocycles. The van der Waals surface area contributed by atoms with E-state index in [0.717, 1.165) is 23.6 Å². The molecule has 136 valence electrons. The topological polar surface area (TPSA) is 69.0 Å². The quantitative estimate of drug-likeness (QED) is 0.643. The molecule has 11 heteroatoms. The Balaban J connectivity index is 1.68. The van der Waals surface area contributed by atoms with Gasteiger partial charge in [-0.15, -0.1) is 11.3 Å². The first-order chi connectivity index (χ1) is 12.4. The molecule has 0 fully saturated rings. The van der Waals surface area contributed by atoms with E-state index in [1.807, 2.05) is 0 Å². The van der Waals surface area contributed by atoms with E-state index in [1.165, 1.54) is 12.1 Å². The maximum Gasteiger partial charge on any atom is 0.387 e. The van der Waals surface area contributed by atoms with Crippen molar-refractivity contribution in [3.05, 3.63) is 47.6 Å². The Labute approximate surface area is 148 Å². The number of anilines is 1. The zero-order valence-electron chi connectivity index (χ0n) is 12.8.